The minimum Gasteiger partial charge on any atom is -0.418 e. The van der Waals surface area contributed by atoms with E-state index in [4.69, 9.17) is 15.0 Å². The van der Waals surface area contributed by atoms with Crippen molar-refractivity contribution in [2.24, 2.45) is 5.73 Å². The molecule has 1 heterocycles. The number of nitrogens with one attached hydrogen (secondary N) is 2. The first-order valence-electron chi connectivity index (χ1n) is 7.60. The van der Waals surface area contributed by atoms with E-state index < -0.39 is 14.9 Å². The van der Waals surface area contributed by atoms with Crippen molar-refractivity contribution < 1.29 is 14.1 Å². The highest BCUT2D eigenvalue weighted by Gasteiger charge is 2.28. The number of hydroxylamine groups is 1. The number of amides is 1. The van der Waals surface area contributed by atoms with Gasteiger partial charge in [-0.25, -0.2) is 0 Å². The highest BCUT2D eigenvalue weighted by atomic mass is 28.3. The molecule has 0 spiro atoms. The third-order valence-electron chi connectivity index (χ3n) is 3.80. The van der Waals surface area contributed by atoms with Gasteiger partial charge in [-0.2, -0.15) is 5.48 Å². The van der Waals surface area contributed by atoms with E-state index in [0.717, 1.165) is 0 Å². The zero-order valence-corrected chi connectivity index (χ0v) is 15.2. The van der Waals surface area contributed by atoms with E-state index in [1.54, 1.807) is 6.08 Å². The van der Waals surface area contributed by atoms with Crippen LogP contribution in [0, 0.1) is 0 Å². The van der Waals surface area contributed by atoms with Crippen molar-refractivity contribution in [3.63, 3.8) is 0 Å². The maximum absolute atomic E-state index is 11.6. The number of hydrogen-bond acceptors (Lipinski definition) is 5. The van der Waals surface area contributed by atoms with Gasteiger partial charge in [-0.1, -0.05) is 32.9 Å². The normalized spacial score (nSPS) is 23.7. The highest BCUT2D eigenvalue weighted by molar-refractivity contribution is 6.53. The fourth-order valence-corrected chi connectivity index (χ4v) is 2.94. The Bertz CT molecular complexity index is 421. The number of hydrogen-bond donors (Lipinski definition) is 3. The first kappa shape index (κ1) is 19.1. The van der Waals surface area contributed by atoms with E-state index in [0.29, 0.717) is 25.3 Å². The molecule has 3 atom stereocenters. The summed E-state index contributed by atoms with van der Waals surface area (Å²) in [6.07, 6.45) is 3.47. The van der Waals surface area contributed by atoms with Gasteiger partial charge in [-0.05, 0) is 11.6 Å². The molecule has 126 valence electrons. The lowest BCUT2D eigenvalue weighted by Crippen LogP contribution is -2.51. The van der Waals surface area contributed by atoms with Gasteiger partial charge in [0.05, 0.1) is 19.3 Å². The molecule has 22 heavy (non-hydrogen) atoms. The van der Waals surface area contributed by atoms with Crippen LogP contribution >= 0.6 is 0 Å². The van der Waals surface area contributed by atoms with Gasteiger partial charge in [0.15, 0.2) is 9.04 Å². The fraction of sp³-hybridized carbons (Fsp3) is 0.667. The second kappa shape index (κ2) is 8.59. The molecule has 6 nitrogen and oxygen atoms in total. The summed E-state index contributed by atoms with van der Waals surface area (Å²) < 4.78 is 6.02. The van der Waals surface area contributed by atoms with Gasteiger partial charge in [-0.15, -0.1) is 6.58 Å². The predicted octanol–water partition coefficient (Wildman–Crippen LogP) is 0.616. The van der Waals surface area contributed by atoms with E-state index in [-0.39, 0.29) is 17.1 Å². The quantitative estimate of drug-likeness (QED) is 0.263. The Morgan fingerprint density at radius 3 is 2.86 bits per heavy atom. The van der Waals surface area contributed by atoms with Gasteiger partial charge < -0.3 is 15.5 Å². The zero-order valence-electron chi connectivity index (χ0n) is 14.0. The van der Waals surface area contributed by atoms with Crippen LogP contribution in [0.2, 0.25) is 11.6 Å². The molecule has 0 saturated carbocycles. The summed E-state index contributed by atoms with van der Waals surface area (Å²) in [5.41, 5.74) is 8.82. The molecule has 0 saturated heterocycles. The first-order valence-corrected chi connectivity index (χ1v) is 9.80. The molecule has 1 unspecified atom stereocenters. The average molecular weight is 328 g/mol. The van der Waals surface area contributed by atoms with Gasteiger partial charge in [-0.3, -0.25) is 9.63 Å². The summed E-state index contributed by atoms with van der Waals surface area (Å²) in [6.45, 7) is 13.8. The molecule has 0 bridgehead atoms. The number of carbonyl (C=O) groups is 1. The first-order chi connectivity index (χ1) is 10.3. The van der Waals surface area contributed by atoms with E-state index in [2.05, 4.69) is 44.7 Å². The molecule has 7 heteroatoms. The molecule has 1 amide bonds. The van der Waals surface area contributed by atoms with Crippen LogP contribution in [0.1, 0.15) is 20.8 Å². The molecule has 1 aliphatic heterocycles. The van der Waals surface area contributed by atoms with Crippen LogP contribution in [0.4, 0.5) is 0 Å². The summed E-state index contributed by atoms with van der Waals surface area (Å²) in [6, 6.07) is -0.261. The minimum atomic E-state index is -1.28. The second-order valence-corrected chi connectivity index (χ2v) is 9.96. The van der Waals surface area contributed by atoms with Crippen molar-refractivity contribution in [3.05, 3.63) is 24.3 Å². The van der Waals surface area contributed by atoms with Crippen LogP contribution in [0.3, 0.4) is 0 Å². The molecule has 0 fully saturated rings. The Morgan fingerprint density at radius 2 is 2.32 bits per heavy atom. The average Bonchev–Trinajstić information content (AvgIpc) is 2.44. The van der Waals surface area contributed by atoms with Gasteiger partial charge in [0.1, 0.15) is 0 Å². The van der Waals surface area contributed by atoms with Crippen molar-refractivity contribution in [1.29, 1.82) is 0 Å². The summed E-state index contributed by atoms with van der Waals surface area (Å²) in [5, 5.41) is 3.55. The predicted molar refractivity (Wildman–Crippen MR) is 90.8 cm³/mol. The maximum atomic E-state index is 11.6. The van der Waals surface area contributed by atoms with Gasteiger partial charge in [0.2, 0.25) is 5.91 Å². The molecule has 0 aromatic carbocycles. The molecule has 4 N–H and O–H groups in total. The highest BCUT2D eigenvalue weighted by Crippen LogP contribution is 2.27. The van der Waals surface area contributed by atoms with Crippen LogP contribution in [0.5, 0.6) is 0 Å². The third kappa shape index (κ3) is 6.02. The molecular weight excluding hydrogens is 298 g/mol. The van der Waals surface area contributed by atoms with Crippen LogP contribution in [-0.4, -0.2) is 46.8 Å². The number of primary amides is 1. The molecule has 0 radical (unpaired) electrons. The Morgan fingerprint density at radius 1 is 1.64 bits per heavy atom. The minimum absolute atomic E-state index is 0.00254. The van der Waals surface area contributed by atoms with E-state index >= 15 is 0 Å². The number of carbonyl (C=O) groups excluding carboxylic acids is 1. The standard InChI is InChI=1S/C15H29N3O3Si/c1-6-7-20-18-13-9-17-11(8-12(13)14(16)19)10-21-22(5)15(2,3)4/h6,8,11,13,17-18,22H,1,7,9-10H2,2-5H3,(H2,16,19)/t11-,13-,22?/m0/s1. The summed E-state index contributed by atoms with van der Waals surface area (Å²) >= 11 is 0. The summed E-state index contributed by atoms with van der Waals surface area (Å²) in [4.78, 5) is 16.8. The zero-order chi connectivity index (χ0) is 16.8. The molecule has 0 aromatic rings. The van der Waals surface area contributed by atoms with E-state index in [9.17, 15) is 4.79 Å². The van der Waals surface area contributed by atoms with Gasteiger partial charge in [0.25, 0.3) is 0 Å². The van der Waals surface area contributed by atoms with E-state index in [1.165, 1.54) is 0 Å². The van der Waals surface area contributed by atoms with Crippen LogP contribution in [0.25, 0.3) is 0 Å². The summed E-state index contributed by atoms with van der Waals surface area (Å²) in [5.74, 6) is -0.438. The smallest absolute Gasteiger partial charge is 0.246 e. The Balaban J connectivity index is 2.61. The van der Waals surface area contributed by atoms with Crippen molar-refractivity contribution in [2.45, 2.75) is 44.4 Å². The van der Waals surface area contributed by atoms with E-state index in [1.807, 2.05) is 6.08 Å². The van der Waals surface area contributed by atoms with Crippen molar-refractivity contribution in [2.75, 3.05) is 19.8 Å². The Hall–Kier alpha value is -0.993. The van der Waals surface area contributed by atoms with Crippen LogP contribution in [-0.2, 0) is 14.1 Å². The Kier molecular flexibility index (Phi) is 7.44. The Labute approximate surface area is 134 Å². The maximum Gasteiger partial charge on any atom is 0.246 e. The molecule has 1 aliphatic rings. The van der Waals surface area contributed by atoms with Crippen LogP contribution < -0.4 is 16.5 Å². The molecule has 1 rings (SSSR count). The van der Waals surface area contributed by atoms with Gasteiger partial charge in [0, 0.05) is 18.2 Å². The fourth-order valence-electron chi connectivity index (χ4n) is 1.94. The SMILES string of the molecule is C=CCON[C@H]1CN[C@H](CO[SiH](C)C(C)(C)C)C=C1C(N)=O. The molecular formula is C15H29N3O3Si. The van der Waals surface area contributed by atoms with Crippen LogP contribution in [0.15, 0.2) is 24.3 Å². The van der Waals surface area contributed by atoms with Gasteiger partial charge >= 0.3 is 0 Å². The van der Waals surface area contributed by atoms with Crippen molar-refractivity contribution in [3.8, 4) is 0 Å². The van der Waals surface area contributed by atoms with Crippen molar-refractivity contribution >= 4 is 14.9 Å². The monoisotopic (exact) mass is 327 g/mol. The molecule has 0 aliphatic carbocycles. The lowest BCUT2D eigenvalue weighted by Gasteiger charge is -2.31. The topological polar surface area (TPSA) is 85.6 Å². The largest absolute Gasteiger partial charge is 0.418 e. The third-order valence-corrected chi connectivity index (χ3v) is 6.93. The molecule has 0 aromatic heterocycles. The van der Waals surface area contributed by atoms with Crippen molar-refractivity contribution in [1.82, 2.24) is 10.8 Å². The lowest BCUT2D eigenvalue weighted by atomic mass is 10.00. The summed E-state index contributed by atoms with van der Waals surface area (Å²) in [7, 11) is -1.28. The second-order valence-electron chi connectivity index (χ2n) is 6.61. The number of rotatable bonds is 8. The number of nitrogens with two attached hydrogens (primary N) is 1. The lowest BCUT2D eigenvalue weighted by molar-refractivity contribution is -0.115.